The lowest BCUT2D eigenvalue weighted by Gasteiger charge is -2.16. The number of carbonyl (C=O) groups excluding carboxylic acids is 2. The second-order valence-corrected chi connectivity index (χ2v) is 6.31. The number of tetrazole rings is 1. The van der Waals surface area contributed by atoms with Gasteiger partial charge in [-0.15, -0.1) is 10.2 Å². The minimum Gasteiger partial charge on any atom is -0.335 e. The summed E-state index contributed by atoms with van der Waals surface area (Å²) in [6, 6.07) is 13.0. The Morgan fingerprint density at radius 1 is 1.11 bits per heavy atom. The quantitative estimate of drug-likeness (QED) is 0.703. The highest BCUT2D eigenvalue weighted by Crippen LogP contribution is 2.13. The first-order valence-corrected chi connectivity index (χ1v) is 8.55. The third-order valence-corrected chi connectivity index (χ3v) is 3.97. The molecule has 0 spiro atoms. The summed E-state index contributed by atoms with van der Waals surface area (Å²) in [4.78, 5) is 26.8. The molecule has 0 bridgehead atoms. The van der Waals surface area contributed by atoms with Gasteiger partial charge in [-0.05, 0) is 48.5 Å². The van der Waals surface area contributed by atoms with Crippen LogP contribution in [0.2, 0.25) is 0 Å². The Morgan fingerprint density at radius 2 is 1.79 bits per heavy atom. The predicted octanol–water partition coefficient (Wildman–Crippen LogP) is 1.88. The van der Waals surface area contributed by atoms with E-state index in [4.69, 9.17) is 0 Å². The number of amides is 2. The van der Waals surface area contributed by atoms with E-state index in [1.807, 2.05) is 19.1 Å². The zero-order valence-corrected chi connectivity index (χ0v) is 15.5. The second-order valence-electron chi connectivity index (χ2n) is 6.31. The molecule has 0 aliphatic rings. The van der Waals surface area contributed by atoms with Crippen molar-refractivity contribution in [2.24, 2.45) is 0 Å². The molecule has 28 heavy (non-hydrogen) atoms. The fourth-order valence-corrected chi connectivity index (χ4v) is 2.41. The van der Waals surface area contributed by atoms with E-state index in [0.29, 0.717) is 11.3 Å². The van der Waals surface area contributed by atoms with E-state index in [9.17, 15) is 14.0 Å². The molecule has 3 rings (SSSR count). The Hall–Kier alpha value is -3.62. The molecule has 1 N–H and O–H groups in total. The van der Waals surface area contributed by atoms with Crippen molar-refractivity contribution in [2.45, 2.75) is 13.5 Å². The van der Waals surface area contributed by atoms with Crippen molar-refractivity contribution >= 4 is 17.5 Å². The average molecular weight is 382 g/mol. The summed E-state index contributed by atoms with van der Waals surface area (Å²) in [6.45, 7) is 1.69. The number of rotatable bonds is 6. The monoisotopic (exact) mass is 382 g/mol. The maximum absolute atomic E-state index is 13.0. The molecule has 0 saturated heterocycles. The highest BCUT2D eigenvalue weighted by atomic mass is 19.1. The number of nitrogens with zero attached hydrogens (tertiary/aromatic N) is 5. The first kappa shape index (κ1) is 19.2. The summed E-state index contributed by atoms with van der Waals surface area (Å²) in [5.41, 5.74) is 2.34. The number of carbonyl (C=O) groups is 2. The first-order chi connectivity index (χ1) is 13.4. The summed E-state index contributed by atoms with van der Waals surface area (Å²) in [6.07, 6.45) is 0. The highest BCUT2D eigenvalue weighted by Gasteiger charge is 2.16. The largest absolute Gasteiger partial charge is 0.335 e. The SMILES string of the molecule is Cc1ccc(NC(=O)CN(C)C(=O)Cn2nnc(-c3ccc(F)cc3)n2)cc1. The van der Waals surface area contributed by atoms with Crippen LogP contribution in [-0.4, -0.2) is 50.5 Å². The average Bonchev–Trinajstić information content (AvgIpc) is 3.12. The number of anilines is 1. The summed E-state index contributed by atoms with van der Waals surface area (Å²) >= 11 is 0. The van der Waals surface area contributed by atoms with Gasteiger partial charge in [0.05, 0.1) is 6.54 Å². The molecule has 9 heteroatoms. The van der Waals surface area contributed by atoms with Gasteiger partial charge in [0.15, 0.2) is 0 Å². The third kappa shape index (κ3) is 4.97. The Balaban J connectivity index is 1.54. The van der Waals surface area contributed by atoms with E-state index in [0.717, 1.165) is 10.4 Å². The lowest BCUT2D eigenvalue weighted by Crippen LogP contribution is -2.37. The summed E-state index contributed by atoms with van der Waals surface area (Å²) in [7, 11) is 1.52. The Morgan fingerprint density at radius 3 is 2.46 bits per heavy atom. The molecule has 2 aromatic carbocycles. The van der Waals surface area contributed by atoms with E-state index < -0.39 is 0 Å². The topological polar surface area (TPSA) is 93.0 Å². The van der Waals surface area contributed by atoms with Crippen LogP contribution >= 0.6 is 0 Å². The van der Waals surface area contributed by atoms with E-state index in [1.165, 1.54) is 36.2 Å². The van der Waals surface area contributed by atoms with Crippen molar-refractivity contribution in [2.75, 3.05) is 18.9 Å². The zero-order chi connectivity index (χ0) is 20.1. The van der Waals surface area contributed by atoms with Crippen LogP contribution in [0.5, 0.6) is 0 Å². The molecule has 8 nitrogen and oxygen atoms in total. The lowest BCUT2D eigenvalue weighted by atomic mass is 10.2. The number of aryl methyl sites for hydroxylation is 1. The lowest BCUT2D eigenvalue weighted by molar-refractivity contribution is -0.134. The highest BCUT2D eigenvalue weighted by molar-refractivity contribution is 5.94. The van der Waals surface area contributed by atoms with Crippen molar-refractivity contribution in [3.05, 3.63) is 59.9 Å². The number of halogens is 1. The van der Waals surface area contributed by atoms with Crippen LogP contribution in [0.3, 0.4) is 0 Å². The minimum atomic E-state index is -0.364. The molecular weight excluding hydrogens is 363 g/mol. The summed E-state index contributed by atoms with van der Waals surface area (Å²) < 4.78 is 13.0. The minimum absolute atomic E-state index is 0.105. The van der Waals surface area contributed by atoms with Crippen molar-refractivity contribution in [3.63, 3.8) is 0 Å². The van der Waals surface area contributed by atoms with Crippen molar-refractivity contribution in [3.8, 4) is 11.4 Å². The van der Waals surface area contributed by atoms with Gasteiger partial charge in [0.2, 0.25) is 17.6 Å². The van der Waals surface area contributed by atoms with E-state index in [2.05, 4.69) is 20.7 Å². The van der Waals surface area contributed by atoms with Crippen molar-refractivity contribution in [1.29, 1.82) is 0 Å². The van der Waals surface area contributed by atoms with E-state index in [-0.39, 0.29) is 36.5 Å². The van der Waals surface area contributed by atoms with E-state index in [1.54, 1.807) is 12.1 Å². The van der Waals surface area contributed by atoms with Gasteiger partial charge in [-0.25, -0.2) is 4.39 Å². The Bertz CT molecular complexity index is 969. The molecule has 0 fully saturated rings. The maximum Gasteiger partial charge on any atom is 0.246 e. The van der Waals surface area contributed by atoms with Gasteiger partial charge < -0.3 is 10.2 Å². The van der Waals surface area contributed by atoms with Crippen LogP contribution < -0.4 is 5.32 Å². The number of aromatic nitrogens is 4. The van der Waals surface area contributed by atoms with Gasteiger partial charge in [0.25, 0.3) is 0 Å². The van der Waals surface area contributed by atoms with Crippen LogP contribution in [-0.2, 0) is 16.1 Å². The first-order valence-electron chi connectivity index (χ1n) is 8.55. The van der Waals surface area contributed by atoms with Crippen molar-refractivity contribution in [1.82, 2.24) is 25.1 Å². The normalized spacial score (nSPS) is 10.5. The summed E-state index contributed by atoms with van der Waals surface area (Å²) in [5.74, 6) is -0.732. The number of nitrogens with one attached hydrogen (secondary N) is 1. The molecule has 1 heterocycles. The van der Waals surface area contributed by atoms with Gasteiger partial charge in [0, 0.05) is 18.3 Å². The molecule has 0 radical (unpaired) electrons. The maximum atomic E-state index is 13.0. The number of likely N-dealkylation sites (N-methyl/N-ethyl adjacent to an activating group) is 1. The number of hydrogen-bond acceptors (Lipinski definition) is 5. The molecule has 2 amide bonds. The number of hydrogen-bond donors (Lipinski definition) is 1. The second kappa shape index (κ2) is 8.38. The van der Waals surface area contributed by atoms with Crippen LogP contribution in [0.1, 0.15) is 5.56 Å². The molecule has 0 aliphatic carbocycles. The summed E-state index contributed by atoms with van der Waals surface area (Å²) in [5, 5.41) is 14.5. The van der Waals surface area contributed by atoms with E-state index >= 15 is 0 Å². The van der Waals surface area contributed by atoms with Crippen LogP contribution in [0.15, 0.2) is 48.5 Å². The fourth-order valence-electron chi connectivity index (χ4n) is 2.41. The molecule has 0 saturated carbocycles. The van der Waals surface area contributed by atoms with Gasteiger partial charge in [-0.3, -0.25) is 9.59 Å². The van der Waals surface area contributed by atoms with Gasteiger partial charge in [-0.1, -0.05) is 17.7 Å². The van der Waals surface area contributed by atoms with Crippen molar-refractivity contribution < 1.29 is 14.0 Å². The Kier molecular flexibility index (Phi) is 5.73. The van der Waals surface area contributed by atoms with Gasteiger partial charge >= 0.3 is 0 Å². The van der Waals surface area contributed by atoms with Crippen LogP contribution in [0.4, 0.5) is 10.1 Å². The van der Waals surface area contributed by atoms with Gasteiger partial charge in [0.1, 0.15) is 12.4 Å². The fraction of sp³-hybridized carbons (Fsp3) is 0.211. The number of benzene rings is 2. The standard InChI is InChI=1S/C19H19FN6O2/c1-13-3-9-16(10-4-13)21-17(27)11-25(2)18(28)12-26-23-19(22-24-26)14-5-7-15(20)8-6-14/h3-10H,11-12H2,1-2H3,(H,21,27). The smallest absolute Gasteiger partial charge is 0.246 e. The molecule has 0 aliphatic heterocycles. The predicted molar refractivity (Wildman–Crippen MR) is 101 cm³/mol. The third-order valence-electron chi connectivity index (χ3n) is 3.97. The Labute approximate surface area is 161 Å². The molecule has 3 aromatic rings. The molecule has 0 unspecified atom stereocenters. The van der Waals surface area contributed by atoms with Gasteiger partial charge in [-0.2, -0.15) is 4.80 Å². The molecular formula is C19H19FN6O2. The van der Waals surface area contributed by atoms with Crippen LogP contribution in [0.25, 0.3) is 11.4 Å². The van der Waals surface area contributed by atoms with Crippen LogP contribution in [0, 0.1) is 12.7 Å². The molecule has 1 aromatic heterocycles. The molecule has 0 atom stereocenters. The molecule has 144 valence electrons. The zero-order valence-electron chi connectivity index (χ0n) is 15.5.